The lowest BCUT2D eigenvalue weighted by atomic mass is 9.90. The number of amides is 1. The molecule has 4 rings (SSSR count). The number of aromatic nitrogens is 1. The first-order valence-electron chi connectivity index (χ1n) is 9.30. The van der Waals surface area contributed by atoms with Crippen molar-refractivity contribution in [2.45, 2.75) is 13.3 Å². The first kappa shape index (κ1) is 21.0. The Morgan fingerprint density at radius 2 is 1.90 bits per heavy atom. The molecule has 3 aromatic rings. The van der Waals surface area contributed by atoms with Crippen molar-refractivity contribution in [1.29, 1.82) is 0 Å². The third-order valence-corrected chi connectivity index (χ3v) is 5.37. The molecule has 29 heavy (non-hydrogen) atoms. The summed E-state index contributed by atoms with van der Waals surface area (Å²) >= 11 is 0. The predicted molar refractivity (Wildman–Crippen MR) is 112 cm³/mol. The van der Waals surface area contributed by atoms with Crippen LogP contribution in [0.5, 0.6) is 0 Å². The molecule has 0 saturated carbocycles. The lowest BCUT2D eigenvalue weighted by Crippen LogP contribution is -2.34. The smallest absolute Gasteiger partial charge is 0.254 e. The van der Waals surface area contributed by atoms with Crippen LogP contribution in [0.4, 0.5) is 4.39 Å². The molecule has 152 valence electrons. The van der Waals surface area contributed by atoms with Crippen molar-refractivity contribution < 1.29 is 13.6 Å². The molecule has 1 unspecified atom stereocenters. The van der Waals surface area contributed by atoms with Crippen molar-refractivity contribution in [3.05, 3.63) is 66.1 Å². The van der Waals surface area contributed by atoms with Crippen LogP contribution in [0.15, 0.2) is 59.1 Å². The second-order valence-electron chi connectivity index (χ2n) is 7.55. The first-order valence-corrected chi connectivity index (χ1v) is 9.30. The number of carbonyl (C=O) groups is 1. The Labute approximate surface area is 175 Å². The number of nitrogens with two attached hydrogens (primary N) is 1. The van der Waals surface area contributed by atoms with Crippen LogP contribution in [-0.2, 0) is 0 Å². The van der Waals surface area contributed by atoms with Gasteiger partial charge in [-0.3, -0.25) is 4.79 Å². The topological polar surface area (TPSA) is 72.4 Å². The number of oxazole rings is 1. The highest BCUT2D eigenvalue weighted by molar-refractivity contribution is 6.00. The SMILES string of the molecule is CC1(CN)CCN(C(=O)c2ccccc2-c2ncc(-c3ccccc3F)o2)C1.Cl. The van der Waals surface area contributed by atoms with E-state index >= 15 is 0 Å². The van der Waals surface area contributed by atoms with Crippen LogP contribution in [0.25, 0.3) is 22.8 Å². The minimum atomic E-state index is -0.382. The highest BCUT2D eigenvalue weighted by Crippen LogP contribution is 2.33. The van der Waals surface area contributed by atoms with Crippen molar-refractivity contribution in [2.75, 3.05) is 19.6 Å². The highest BCUT2D eigenvalue weighted by atomic mass is 35.5. The van der Waals surface area contributed by atoms with Gasteiger partial charge in [-0.2, -0.15) is 0 Å². The second-order valence-corrected chi connectivity index (χ2v) is 7.55. The molecule has 2 aromatic carbocycles. The summed E-state index contributed by atoms with van der Waals surface area (Å²) in [5.41, 5.74) is 7.27. The molecule has 0 spiro atoms. The van der Waals surface area contributed by atoms with Gasteiger partial charge in [-0.25, -0.2) is 9.37 Å². The molecule has 1 aliphatic heterocycles. The summed E-state index contributed by atoms with van der Waals surface area (Å²) in [6, 6.07) is 13.6. The second kappa shape index (κ2) is 8.35. The molecular weight excluding hydrogens is 393 g/mol. The fourth-order valence-corrected chi connectivity index (χ4v) is 3.57. The Bertz CT molecular complexity index is 1020. The van der Waals surface area contributed by atoms with E-state index in [4.69, 9.17) is 10.2 Å². The van der Waals surface area contributed by atoms with E-state index in [9.17, 15) is 9.18 Å². The Hall–Kier alpha value is -2.70. The fourth-order valence-electron chi connectivity index (χ4n) is 3.57. The Morgan fingerprint density at radius 1 is 1.21 bits per heavy atom. The van der Waals surface area contributed by atoms with Gasteiger partial charge in [0.1, 0.15) is 5.82 Å². The number of hydrogen-bond donors (Lipinski definition) is 1. The number of benzene rings is 2. The normalized spacial score (nSPS) is 18.5. The van der Waals surface area contributed by atoms with E-state index in [0.29, 0.717) is 48.0 Å². The third kappa shape index (κ3) is 4.04. The zero-order valence-corrected chi connectivity index (χ0v) is 16.9. The molecule has 1 aromatic heterocycles. The van der Waals surface area contributed by atoms with E-state index < -0.39 is 0 Å². The molecular formula is C22H23ClFN3O2. The van der Waals surface area contributed by atoms with E-state index in [0.717, 1.165) is 6.42 Å². The average Bonchev–Trinajstić information content (AvgIpc) is 3.36. The van der Waals surface area contributed by atoms with Crippen LogP contribution in [0, 0.1) is 11.2 Å². The van der Waals surface area contributed by atoms with Crippen LogP contribution >= 0.6 is 12.4 Å². The van der Waals surface area contributed by atoms with E-state index in [-0.39, 0.29) is 29.5 Å². The summed E-state index contributed by atoms with van der Waals surface area (Å²) < 4.78 is 19.9. The van der Waals surface area contributed by atoms with Gasteiger partial charge < -0.3 is 15.1 Å². The maximum absolute atomic E-state index is 14.0. The lowest BCUT2D eigenvalue weighted by molar-refractivity contribution is 0.0777. The Morgan fingerprint density at radius 3 is 2.59 bits per heavy atom. The summed E-state index contributed by atoms with van der Waals surface area (Å²) in [5, 5.41) is 0. The molecule has 2 N–H and O–H groups in total. The lowest BCUT2D eigenvalue weighted by Gasteiger charge is -2.23. The molecule has 1 amide bonds. The summed E-state index contributed by atoms with van der Waals surface area (Å²) in [6.45, 7) is 3.95. The molecule has 5 nitrogen and oxygen atoms in total. The molecule has 1 fully saturated rings. The van der Waals surface area contributed by atoms with Crippen LogP contribution in [0.2, 0.25) is 0 Å². The molecule has 1 saturated heterocycles. The van der Waals surface area contributed by atoms with Crippen molar-refractivity contribution in [2.24, 2.45) is 11.1 Å². The molecule has 1 aliphatic rings. The standard InChI is InChI=1S/C22H22FN3O2.ClH/c1-22(13-24)10-11-26(14-22)21(27)16-7-3-2-6-15(16)20-25-12-19(28-20)17-8-4-5-9-18(17)23;/h2-9,12H,10-11,13-14,24H2,1H3;1H. The van der Waals surface area contributed by atoms with Gasteiger partial charge in [-0.05, 0) is 42.6 Å². The van der Waals surface area contributed by atoms with E-state index in [1.54, 1.807) is 30.3 Å². The first-order chi connectivity index (χ1) is 13.5. The van der Waals surface area contributed by atoms with Gasteiger partial charge in [0.15, 0.2) is 5.76 Å². The summed E-state index contributed by atoms with van der Waals surface area (Å²) in [7, 11) is 0. The number of rotatable bonds is 4. The predicted octanol–water partition coefficient (Wildman–Crippen LogP) is 4.38. The van der Waals surface area contributed by atoms with Gasteiger partial charge in [0.05, 0.1) is 17.3 Å². The quantitative estimate of drug-likeness (QED) is 0.686. The van der Waals surface area contributed by atoms with E-state index in [1.807, 2.05) is 17.0 Å². The zero-order valence-electron chi connectivity index (χ0n) is 16.1. The van der Waals surface area contributed by atoms with Crippen molar-refractivity contribution in [3.8, 4) is 22.8 Å². The van der Waals surface area contributed by atoms with Crippen molar-refractivity contribution in [1.82, 2.24) is 9.88 Å². The number of likely N-dealkylation sites (tertiary alicyclic amines) is 1. The molecule has 0 radical (unpaired) electrons. The average molecular weight is 416 g/mol. The minimum absolute atomic E-state index is 0. The van der Waals surface area contributed by atoms with Gasteiger partial charge in [0.2, 0.25) is 5.89 Å². The van der Waals surface area contributed by atoms with Gasteiger partial charge in [-0.1, -0.05) is 31.2 Å². The van der Waals surface area contributed by atoms with Crippen LogP contribution in [-0.4, -0.2) is 35.4 Å². The summed E-state index contributed by atoms with van der Waals surface area (Å²) in [4.78, 5) is 19.3. The molecule has 1 atom stereocenters. The van der Waals surface area contributed by atoms with Crippen LogP contribution < -0.4 is 5.73 Å². The van der Waals surface area contributed by atoms with Gasteiger partial charge in [0, 0.05) is 18.7 Å². The molecule has 0 bridgehead atoms. The largest absolute Gasteiger partial charge is 0.436 e. The maximum atomic E-state index is 14.0. The zero-order chi connectivity index (χ0) is 19.7. The maximum Gasteiger partial charge on any atom is 0.254 e. The highest BCUT2D eigenvalue weighted by Gasteiger charge is 2.36. The van der Waals surface area contributed by atoms with Gasteiger partial charge in [0.25, 0.3) is 5.91 Å². The Kier molecular flexibility index (Phi) is 6.05. The molecule has 2 heterocycles. The fraction of sp³-hybridized carbons (Fsp3) is 0.273. The Balaban J connectivity index is 0.00000240. The van der Waals surface area contributed by atoms with Crippen LogP contribution in [0.1, 0.15) is 23.7 Å². The number of halogens is 2. The monoisotopic (exact) mass is 415 g/mol. The summed E-state index contributed by atoms with van der Waals surface area (Å²) in [5.74, 6) is 0.168. The number of nitrogens with zero attached hydrogens (tertiary/aromatic N) is 2. The van der Waals surface area contributed by atoms with Crippen molar-refractivity contribution >= 4 is 18.3 Å². The third-order valence-electron chi connectivity index (χ3n) is 5.37. The van der Waals surface area contributed by atoms with Gasteiger partial charge >= 0.3 is 0 Å². The van der Waals surface area contributed by atoms with E-state index in [2.05, 4.69) is 11.9 Å². The summed E-state index contributed by atoms with van der Waals surface area (Å²) in [6.07, 6.45) is 2.37. The van der Waals surface area contributed by atoms with Gasteiger partial charge in [-0.15, -0.1) is 12.4 Å². The number of carbonyl (C=O) groups excluding carboxylic acids is 1. The molecule has 7 heteroatoms. The van der Waals surface area contributed by atoms with Crippen molar-refractivity contribution in [3.63, 3.8) is 0 Å². The molecule has 0 aliphatic carbocycles. The van der Waals surface area contributed by atoms with Crippen LogP contribution in [0.3, 0.4) is 0 Å². The van der Waals surface area contributed by atoms with E-state index in [1.165, 1.54) is 12.3 Å². The minimum Gasteiger partial charge on any atom is -0.436 e. The number of hydrogen-bond acceptors (Lipinski definition) is 4.